The summed E-state index contributed by atoms with van der Waals surface area (Å²) < 4.78 is 58.9. The average molecular weight is 1120 g/mol. The number of unbranched alkanes of at least 4 members (excludes halogenated alkanes) is 2. The summed E-state index contributed by atoms with van der Waals surface area (Å²) in [4.78, 5) is 64.1. The fourth-order valence-corrected chi connectivity index (χ4v) is 10.1. The number of aromatic nitrogens is 2. The van der Waals surface area contributed by atoms with Crippen LogP contribution in [0.1, 0.15) is 129 Å². The van der Waals surface area contributed by atoms with Crippen LogP contribution in [0.3, 0.4) is 0 Å². The number of nitrogen functional groups attached to an aromatic ring is 1. The molecule has 77 heavy (non-hydrogen) atoms. The fraction of sp³-hybridized carbons (Fsp3) is 0.593. The molecule has 1 aromatic rings. The van der Waals surface area contributed by atoms with Crippen LogP contribution in [0.2, 0.25) is 0 Å². The number of carbonyl (C=O) groups excluding carboxylic acids is 2. The number of fused-ring (bicyclic) bond motifs is 3. The summed E-state index contributed by atoms with van der Waals surface area (Å²) in [5.74, 6) is -4.27. The van der Waals surface area contributed by atoms with E-state index in [0.717, 1.165) is 49.5 Å². The minimum absolute atomic E-state index is 0.0501. The second-order valence-corrected chi connectivity index (χ2v) is 21.7. The molecule has 2 bridgehead atoms. The highest BCUT2D eigenvalue weighted by Gasteiger charge is 2.45. The minimum atomic E-state index is -5.72. The Kier molecular flexibility index (Phi) is 32.5. The summed E-state index contributed by atoms with van der Waals surface area (Å²) in [6, 6.07) is 1.24. The predicted octanol–water partition coefficient (Wildman–Crippen LogP) is 7.60. The maximum atomic E-state index is 13.4. The van der Waals surface area contributed by atoms with Crippen LogP contribution in [0.4, 0.5) is 5.82 Å². The molecule has 1 saturated heterocycles. The number of phosphoric acid groups is 2. The zero-order valence-corrected chi connectivity index (χ0v) is 46.1. The zero-order valence-electron chi connectivity index (χ0n) is 44.3. The van der Waals surface area contributed by atoms with Gasteiger partial charge >= 0.3 is 33.3 Å². The van der Waals surface area contributed by atoms with E-state index >= 15 is 0 Å². The van der Waals surface area contributed by atoms with Crippen molar-refractivity contribution in [2.45, 2.75) is 172 Å². The number of hydrogen-bond donors (Lipinski definition) is 8. The van der Waals surface area contributed by atoms with E-state index in [2.05, 4.69) is 64.8 Å². The lowest BCUT2D eigenvalue weighted by atomic mass is 9.82. The van der Waals surface area contributed by atoms with E-state index in [1.54, 1.807) is 18.2 Å². The Balaban J connectivity index is 1.74. The van der Waals surface area contributed by atoms with Gasteiger partial charge in [-0.2, -0.15) is 9.29 Å². The van der Waals surface area contributed by atoms with E-state index in [0.29, 0.717) is 25.7 Å². The van der Waals surface area contributed by atoms with Crippen LogP contribution >= 0.6 is 15.6 Å². The van der Waals surface area contributed by atoms with E-state index in [4.69, 9.17) is 29.0 Å². The van der Waals surface area contributed by atoms with Gasteiger partial charge in [0.15, 0.2) is 6.10 Å². The molecular formula is C54H83N3O18P2. The number of nitrogens with two attached hydrogens (primary N) is 1. The number of hydrogen-bond acceptors (Lipinski definition) is 18. The standard InChI is InChI=1S/C54H83N3O18P2/c1-3-5-7-8-9-10-11-12-13-14-15-16-17-18-19-20-21-22-27-31-49(61)70-38-42-39-71-76(66,67)75-77(68,69)72-40-47-52(64)51(63)43(34-33-41(58)29-25-6-4-2)45(59)37-46(60)44(30-26-23-24-28-32-50(62)73-42)53(74-47)57-36-35-48(55)56-54(57)65/h5,7,9-10,12-13,15-16,18-19,21-23,26,33-36,41-47,51-53,58-60,63-64H,3-4,6,8,11,14,17,20,24-25,27-32,37-40H2,1-2H3,(H,66,67)(H,68,69)(H2,55,56,65)/b7-5-,10-9-,13-12-,16-15-,19-18-,22-21-,26-23?,34-33-/t41-,42+,43-,44-,45+,46-,47+,51-,52+,53+/m0/s1. The molecule has 1 fully saturated rings. The van der Waals surface area contributed by atoms with E-state index in [1.807, 2.05) is 25.2 Å². The lowest BCUT2D eigenvalue weighted by Crippen LogP contribution is -2.52. The van der Waals surface area contributed by atoms with Crippen molar-refractivity contribution in [3.05, 3.63) is 120 Å². The van der Waals surface area contributed by atoms with Gasteiger partial charge in [-0.25, -0.2) is 13.9 Å². The van der Waals surface area contributed by atoms with Crippen molar-refractivity contribution >= 4 is 33.4 Å². The number of allylic oxidation sites excluding steroid dienone is 14. The largest absolute Gasteiger partial charge is 0.481 e. The molecule has 21 nitrogen and oxygen atoms in total. The Hall–Kier alpha value is -4.44. The molecule has 2 unspecified atom stereocenters. The molecule has 9 N–H and O–H groups in total. The maximum absolute atomic E-state index is 13.4. The monoisotopic (exact) mass is 1120 g/mol. The molecule has 432 valence electrons. The second-order valence-electron chi connectivity index (χ2n) is 18.6. The maximum Gasteiger partial charge on any atom is 0.481 e. The lowest BCUT2D eigenvalue weighted by Gasteiger charge is -2.40. The third-order valence-corrected chi connectivity index (χ3v) is 14.8. The molecule has 0 spiro atoms. The first kappa shape index (κ1) is 66.8. The molecule has 0 aliphatic carbocycles. The van der Waals surface area contributed by atoms with Gasteiger partial charge in [0.25, 0.3) is 0 Å². The Bertz CT molecular complexity index is 2300. The quantitative estimate of drug-likeness (QED) is 0.0226. The molecule has 2 aliphatic rings. The highest BCUT2D eigenvalue weighted by molar-refractivity contribution is 7.61. The van der Waals surface area contributed by atoms with E-state index in [1.165, 1.54) is 24.4 Å². The first-order valence-electron chi connectivity index (χ1n) is 26.5. The third kappa shape index (κ3) is 27.8. The molecule has 1 aromatic heterocycles. The van der Waals surface area contributed by atoms with Crippen molar-refractivity contribution in [2.24, 2.45) is 11.8 Å². The number of cyclic esters (lactones) is 1. The van der Waals surface area contributed by atoms with Crippen molar-refractivity contribution < 1.29 is 81.6 Å². The summed E-state index contributed by atoms with van der Waals surface area (Å²) in [7, 11) is -11.3. The van der Waals surface area contributed by atoms with Crippen molar-refractivity contribution in [3.63, 3.8) is 0 Å². The van der Waals surface area contributed by atoms with Gasteiger partial charge in [-0.05, 0) is 76.7 Å². The molecule has 3 heterocycles. The second kappa shape index (κ2) is 37.4. The van der Waals surface area contributed by atoms with Gasteiger partial charge < -0.3 is 55.3 Å². The molecule has 12 atom stereocenters. The van der Waals surface area contributed by atoms with Crippen molar-refractivity contribution in [1.82, 2.24) is 9.55 Å². The predicted molar refractivity (Wildman–Crippen MR) is 290 cm³/mol. The average Bonchev–Trinajstić information content (AvgIpc) is 3.37. The molecule has 23 heteroatoms. The van der Waals surface area contributed by atoms with Crippen LogP contribution in [0.5, 0.6) is 0 Å². The first-order chi connectivity index (χ1) is 36.9. The molecule has 3 rings (SSSR count). The third-order valence-electron chi connectivity index (χ3n) is 12.2. The molecule has 2 aliphatic heterocycles. The molecular weight excluding hydrogens is 1040 g/mol. The molecule has 0 radical (unpaired) electrons. The number of esters is 2. The number of phosphoric ester groups is 2. The van der Waals surface area contributed by atoms with Crippen LogP contribution in [0, 0.1) is 11.8 Å². The first-order valence-corrected chi connectivity index (χ1v) is 29.5. The van der Waals surface area contributed by atoms with Gasteiger partial charge in [0.1, 0.15) is 30.9 Å². The highest BCUT2D eigenvalue weighted by atomic mass is 31.3. The minimum Gasteiger partial charge on any atom is -0.462 e. The molecule has 0 amide bonds. The Labute approximate surface area is 452 Å². The van der Waals surface area contributed by atoms with Crippen LogP contribution in [0.25, 0.3) is 0 Å². The lowest BCUT2D eigenvalue weighted by molar-refractivity contribution is -0.194. The number of nitrogens with zero attached hydrogens (tertiary/aromatic N) is 2. The fourth-order valence-electron chi connectivity index (χ4n) is 8.02. The number of aliphatic hydroxyl groups excluding tert-OH is 5. The SMILES string of the molecule is CC/C=C\C/C=C\C/C=C\C/C=C\C/C=C\C/C=C\CCC(=O)OC[C@@H]1COP(=O)(O)OP(=O)(O)OC[C@H]2O[C@@H](n3ccc(N)nc3=O)[C@@H](CC=CCCCC(=O)O1)[C@@H](O)C[C@@H](O)[C@H](/C=C\[C@@H](O)CCCCC)[C@H](O)[C@@H]2O. The number of aliphatic hydroxyl groups is 5. The zero-order chi connectivity index (χ0) is 56.5. The van der Waals surface area contributed by atoms with Gasteiger partial charge in [-0.3, -0.25) is 23.2 Å². The van der Waals surface area contributed by atoms with E-state index in [9.17, 15) is 58.8 Å². The number of anilines is 1. The highest BCUT2D eigenvalue weighted by Crippen LogP contribution is 2.60. The summed E-state index contributed by atoms with van der Waals surface area (Å²) in [5, 5.41) is 57.4. The Morgan fingerprint density at radius 2 is 1.45 bits per heavy atom. The smallest absolute Gasteiger partial charge is 0.462 e. The van der Waals surface area contributed by atoms with Crippen LogP contribution in [-0.2, 0) is 46.3 Å². The van der Waals surface area contributed by atoms with E-state index < -0.39 is 120 Å². The van der Waals surface area contributed by atoms with Gasteiger partial charge in [0, 0.05) is 37.3 Å². The number of rotatable bonds is 23. The van der Waals surface area contributed by atoms with Gasteiger partial charge in [0.05, 0.1) is 37.6 Å². The summed E-state index contributed by atoms with van der Waals surface area (Å²) in [5.41, 5.74) is 4.77. The van der Waals surface area contributed by atoms with Gasteiger partial charge in [-0.1, -0.05) is 130 Å². The van der Waals surface area contributed by atoms with Gasteiger partial charge in [-0.15, -0.1) is 0 Å². The van der Waals surface area contributed by atoms with E-state index in [-0.39, 0.29) is 37.9 Å². The van der Waals surface area contributed by atoms with Crippen molar-refractivity contribution in [2.75, 3.05) is 25.6 Å². The van der Waals surface area contributed by atoms with Crippen LogP contribution < -0.4 is 11.4 Å². The van der Waals surface area contributed by atoms with Gasteiger partial charge in [0.2, 0.25) is 0 Å². The van der Waals surface area contributed by atoms with Crippen molar-refractivity contribution in [1.29, 1.82) is 0 Å². The Morgan fingerprint density at radius 1 is 0.844 bits per heavy atom. The molecule has 0 saturated carbocycles. The summed E-state index contributed by atoms with van der Waals surface area (Å²) in [6.45, 7) is 1.31. The topological polar surface area (TPSA) is 326 Å². The normalized spacial score (nSPS) is 29.6. The van der Waals surface area contributed by atoms with Crippen molar-refractivity contribution in [3.8, 4) is 0 Å². The summed E-state index contributed by atoms with van der Waals surface area (Å²) in [6.07, 6.45) is 26.4. The Morgan fingerprint density at radius 3 is 2.06 bits per heavy atom. The number of carbonyl (C=O) groups is 2. The number of ether oxygens (including phenoxy) is 3. The van der Waals surface area contributed by atoms with Crippen LogP contribution in [-0.4, -0.2) is 119 Å². The van der Waals surface area contributed by atoms with Crippen LogP contribution in [0.15, 0.2) is 114 Å². The molecule has 0 aromatic carbocycles. The summed E-state index contributed by atoms with van der Waals surface area (Å²) >= 11 is 0.